The van der Waals surface area contributed by atoms with Gasteiger partial charge in [0.2, 0.25) is 0 Å². The van der Waals surface area contributed by atoms with Crippen LogP contribution in [0.15, 0.2) is 188 Å². The van der Waals surface area contributed by atoms with Crippen LogP contribution < -0.4 is 0 Å². The van der Waals surface area contributed by atoms with Crippen molar-refractivity contribution in [2.75, 3.05) is 0 Å². The summed E-state index contributed by atoms with van der Waals surface area (Å²) in [6.45, 7) is 4.63. The van der Waals surface area contributed by atoms with Gasteiger partial charge >= 0.3 is 0 Å². The number of aromatic nitrogens is 2. The number of hydrogen-bond donors (Lipinski definition) is 0. The van der Waals surface area contributed by atoms with Gasteiger partial charge in [0, 0.05) is 39.1 Å². The van der Waals surface area contributed by atoms with Crippen LogP contribution in [-0.2, 0) is 6.42 Å². The van der Waals surface area contributed by atoms with Gasteiger partial charge in [-0.1, -0.05) is 139 Å². The maximum absolute atomic E-state index is 2.51. The van der Waals surface area contributed by atoms with Crippen molar-refractivity contribution in [2.45, 2.75) is 39.0 Å². The first-order valence-corrected chi connectivity index (χ1v) is 20.7. The summed E-state index contributed by atoms with van der Waals surface area (Å²) in [5.74, 6) is 0.272. The molecule has 0 N–H and O–H groups in total. The van der Waals surface area contributed by atoms with E-state index >= 15 is 0 Å². The molecule has 2 nitrogen and oxygen atoms in total. The van der Waals surface area contributed by atoms with Crippen molar-refractivity contribution in [1.82, 2.24) is 9.13 Å². The molecule has 2 aromatic heterocycles. The molecule has 0 spiro atoms. The predicted molar refractivity (Wildman–Crippen MR) is 246 cm³/mol. The largest absolute Gasteiger partial charge is 0.310 e. The molecule has 0 radical (unpaired) electrons. The second-order valence-electron chi connectivity index (χ2n) is 16.1. The second-order valence-corrected chi connectivity index (χ2v) is 16.1. The van der Waals surface area contributed by atoms with Gasteiger partial charge in [0.15, 0.2) is 0 Å². The van der Waals surface area contributed by atoms with E-state index in [1.54, 1.807) is 0 Å². The van der Waals surface area contributed by atoms with Gasteiger partial charge in [-0.05, 0) is 138 Å². The molecule has 2 aliphatic rings. The third kappa shape index (κ3) is 5.55. The highest BCUT2D eigenvalue weighted by Gasteiger charge is 2.25. The van der Waals surface area contributed by atoms with Crippen molar-refractivity contribution in [3.63, 3.8) is 0 Å². The topological polar surface area (TPSA) is 9.86 Å². The fourth-order valence-electron chi connectivity index (χ4n) is 9.87. The van der Waals surface area contributed by atoms with Crippen LogP contribution in [0.25, 0.3) is 78.0 Å². The zero-order valence-electron chi connectivity index (χ0n) is 33.0. The van der Waals surface area contributed by atoms with E-state index < -0.39 is 0 Å². The van der Waals surface area contributed by atoms with Crippen molar-refractivity contribution in [2.24, 2.45) is 0 Å². The zero-order chi connectivity index (χ0) is 38.7. The molecule has 0 bridgehead atoms. The van der Waals surface area contributed by atoms with Crippen molar-refractivity contribution < 1.29 is 0 Å². The molecule has 58 heavy (non-hydrogen) atoms. The summed E-state index contributed by atoms with van der Waals surface area (Å²) in [4.78, 5) is 0. The number of benzene rings is 7. The van der Waals surface area contributed by atoms with Crippen molar-refractivity contribution >= 4 is 44.4 Å². The Balaban J connectivity index is 1.08. The third-order valence-electron chi connectivity index (χ3n) is 12.7. The molecule has 0 amide bonds. The van der Waals surface area contributed by atoms with Crippen LogP contribution in [0.1, 0.15) is 53.6 Å². The van der Waals surface area contributed by atoms with E-state index in [2.05, 4.69) is 211 Å². The van der Waals surface area contributed by atoms with Gasteiger partial charge in [-0.15, -0.1) is 0 Å². The average Bonchev–Trinajstić information content (AvgIpc) is 3.80. The van der Waals surface area contributed by atoms with Gasteiger partial charge in [-0.3, -0.25) is 0 Å². The Labute approximate surface area is 340 Å². The highest BCUT2D eigenvalue weighted by molar-refractivity contribution is 6.10. The minimum absolute atomic E-state index is 0.272. The first kappa shape index (κ1) is 34.4. The maximum Gasteiger partial charge on any atom is 0.0541 e. The van der Waals surface area contributed by atoms with E-state index in [4.69, 9.17) is 0 Å². The lowest BCUT2D eigenvalue weighted by Crippen LogP contribution is -2.07. The van der Waals surface area contributed by atoms with Gasteiger partial charge in [0.25, 0.3) is 0 Å². The number of nitrogens with zero attached hydrogens (tertiary/aromatic N) is 2. The first-order chi connectivity index (χ1) is 28.6. The van der Waals surface area contributed by atoms with E-state index in [-0.39, 0.29) is 5.92 Å². The standard InChI is InChI=1S/C56H44N2/c1-37-17-9-10-22-44(37)49-35-43(36-50(38(49)2)46-24-12-11-23-45(46)39-18-5-3-6-19-39)58-54-28-16-14-26-48(54)52-34-41(30-32-56(52)58)40-29-31-55-51(33-40)47-25-13-15-27-53(47)57(55)42-20-7-4-8-21-42/h3-8,10-16,18-32,34-36,40H,9,17,33H2,1-2H3. The summed E-state index contributed by atoms with van der Waals surface area (Å²) in [6, 6.07) is 60.5. The summed E-state index contributed by atoms with van der Waals surface area (Å²) < 4.78 is 4.94. The van der Waals surface area contributed by atoms with Crippen LogP contribution in [-0.4, -0.2) is 9.13 Å². The molecule has 7 aromatic carbocycles. The third-order valence-corrected chi connectivity index (χ3v) is 12.7. The van der Waals surface area contributed by atoms with Crippen LogP contribution in [0.5, 0.6) is 0 Å². The molecule has 0 saturated heterocycles. The van der Waals surface area contributed by atoms with Gasteiger partial charge in [-0.2, -0.15) is 0 Å². The van der Waals surface area contributed by atoms with Crippen molar-refractivity contribution in [3.05, 3.63) is 216 Å². The molecule has 0 saturated carbocycles. The lowest BCUT2D eigenvalue weighted by atomic mass is 9.85. The van der Waals surface area contributed by atoms with Gasteiger partial charge in [-0.25, -0.2) is 0 Å². The Hall–Kier alpha value is -6.90. The van der Waals surface area contributed by atoms with Crippen LogP contribution >= 0.6 is 0 Å². The number of para-hydroxylation sites is 3. The quantitative estimate of drug-likeness (QED) is 0.160. The molecular formula is C56H44N2. The molecule has 2 heteroatoms. The van der Waals surface area contributed by atoms with Gasteiger partial charge < -0.3 is 9.13 Å². The number of rotatable bonds is 6. The van der Waals surface area contributed by atoms with E-state index in [0.717, 1.165) is 19.3 Å². The summed E-state index contributed by atoms with van der Waals surface area (Å²) in [6.07, 6.45) is 12.6. The summed E-state index contributed by atoms with van der Waals surface area (Å²) in [5.41, 5.74) is 20.6. The van der Waals surface area contributed by atoms with Crippen LogP contribution in [0.2, 0.25) is 0 Å². The van der Waals surface area contributed by atoms with Crippen molar-refractivity contribution in [1.29, 1.82) is 0 Å². The number of hydrogen-bond acceptors (Lipinski definition) is 0. The highest BCUT2D eigenvalue weighted by Crippen LogP contribution is 2.44. The smallest absolute Gasteiger partial charge is 0.0541 e. The molecule has 2 aliphatic carbocycles. The summed E-state index contributed by atoms with van der Waals surface area (Å²) in [7, 11) is 0. The normalized spacial score (nSPS) is 15.2. The minimum atomic E-state index is 0.272. The molecule has 0 aliphatic heterocycles. The number of allylic oxidation sites excluding steroid dienone is 5. The molecule has 278 valence electrons. The van der Waals surface area contributed by atoms with E-state index in [1.807, 2.05) is 0 Å². The number of fused-ring (bicyclic) bond motifs is 6. The Morgan fingerprint density at radius 3 is 1.95 bits per heavy atom. The van der Waals surface area contributed by atoms with E-state index in [1.165, 1.54) is 105 Å². The van der Waals surface area contributed by atoms with Crippen LogP contribution in [0.4, 0.5) is 0 Å². The zero-order valence-corrected chi connectivity index (χ0v) is 33.0. The summed E-state index contributed by atoms with van der Waals surface area (Å²) >= 11 is 0. The summed E-state index contributed by atoms with van der Waals surface area (Å²) in [5, 5.41) is 3.91. The predicted octanol–water partition coefficient (Wildman–Crippen LogP) is 14.8. The molecule has 11 rings (SSSR count). The van der Waals surface area contributed by atoms with E-state index in [0.29, 0.717) is 0 Å². The Morgan fingerprint density at radius 2 is 1.16 bits per heavy atom. The molecule has 0 fully saturated rings. The van der Waals surface area contributed by atoms with E-state index in [9.17, 15) is 0 Å². The fourth-order valence-corrected chi connectivity index (χ4v) is 9.87. The molecule has 2 heterocycles. The lowest BCUT2D eigenvalue weighted by Gasteiger charge is -2.22. The van der Waals surface area contributed by atoms with Crippen molar-refractivity contribution in [3.8, 4) is 33.6 Å². The molecule has 1 atom stereocenters. The Kier molecular flexibility index (Phi) is 8.25. The molecular weight excluding hydrogens is 701 g/mol. The van der Waals surface area contributed by atoms with Crippen LogP contribution in [0, 0.1) is 6.92 Å². The second kappa shape index (κ2) is 13.9. The van der Waals surface area contributed by atoms with Crippen LogP contribution in [0.3, 0.4) is 0 Å². The minimum Gasteiger partial charge on any atom is -0.310 e. The Bertz CT molecular complexity index is 3150. The van der Waals surface area contributed by atoms with Gasteiger partial charge in [0.05, 0.1) is 16.6 Å². The maximum atomic E-state index is 2.51. The fraction of sp³-hybridized carbons (Fsp3) is 0.107. The highest BCUT2D eigenvalue weighted by atomic mass is 15.0. The lowest BCUT2D eigenvalue weighted by molar-refractivity contribution is 0.826. The average molecular weight is 745 g/mol. The monoisotopic (exact) mass is 744 g/mol. The Morgan fingerprint density at radius 1 is 0.500 bits per heavy atom. The molecule has 9 aromatic rings. The molecule has 1 unspecified atom stereocenters. The SMILES string of the molecule is CC1=C(c2cc(-n3c4ccccc4c4cc(C5C=Cc6c(c7ccccc7n6-c6ccccc6)C5)ccc43)cc(-c3ccccc3-c3ccccc3)c2C)C=CCC1. The van der Waals surface area contributed by atoms with Gasteiger partial charge in [0.1, 0.15) is 0 Å². The first-order valence-electron chi connectivity index (χ1n) is 20.7.